The van der Waals surface area contributed by atoms with Crippen LogP contribution in [-0.4, -0.2) is 47.1 Å². The third kappa shape index (κ3) is 3.41. The van der Waals surface area contributed by atoms with E-state index in [2.05, 4.69) is 15.9 Å². The van der Waals surface area contributed by atoms with Crippen LogP contribution in [0.25, 0.3) is 0 Å². The molecule has 1 aromatic carbocycles. The second kappa shape index (κ2) is 6.11. The number of phenolic OH excluding ortho intramolecular Hbond substituents is 1. The molecule has 1 amide bonds. The van der Waals surface area contributed by atoms with Gasteiger partial charge in [0.1, 0.15) is 5.75 Å². The SMILES string of the molecule is CC1CN(C(=O)c2cc(Br)ccc2O)CC(CCl)O1. The van der Waals surface area contributed by atoms with Gasteiger partial charge in [-0.2, -0.15) is 0 Å². The number of rotatable bonds is 2. The Labute approximate surface area is 125 Å². The average molecular weight is 349 g/mol. The van der Waals surface area contributed by atoms with E-state index in [1.807, 2.05) is 6.92 Å². The average Bonchev–Trinajstić information content (AvgIpc) is 2.40. The molecule has 1 aliphatic rings. The van der Waals surface area contributed by atoms with Gasteiger partial charge in [-0.3, -0.25) is 4.79 Å². The van der Waals surface area contributed by atoms with Gasteiger partial charge in [0, 0.05) is 17.6 Å². The minimum absolute atomic E-state index is 0.0187. The fourth-order valence-corrected chi connectivity index (χ4v) is 2.68. The van der Waals surface area contributed by atoms with Crippen LogP contribution in [0.4, 0.5) is 0 Å². The number of ether oxygens (including phenoxy) is 1. The predicted molar refractivity (Wildman–Crippen MR) is 76.8 cm³/mol. The van der Waals surface area contributed by atoms with E-state index in [0.29, 0.717) is 19.0 Å². The summed E-state index contributed by atoms with van der Waals surface area (Å²) in [7, 11) is 0. The number of aromatic hydroxyl groups is 1. The highest BCUT2D eigenvalue weighted by atomic mass is 79.9. The Morgan fingerprint density at radius 3 is 3.00 bits per heavy atom. The number of amides is 1. The molecule has 104 valence electrons. The molecule has 1 heterocycles. The van der Waals surface area contributed by atoms with Gasteiger partial charge in [0.2, 0.25) is 0 Å². The Hall–Kier alpha value is -0.780. The summed E-state index contributed by atoms with van der Waals surface area (Å²) in [5, 5.41) is 9.80. The normalized spacial score (nSPS) is 23.4. The Bertz CT molecular complexity index is 483. The van der Waals surface area contributed by atoms with Gasteiger partial charge in [0.25, 0.3) is 5.91 Å². The molecular formula is C13H15BrClNO3. The van der Waals surface area contributed by atoms with Gasteiger partial charge in [0.05, 0.1) is 23.7 Å². The number of halogens is 2. The Balaban J connectivity index is 2.21. The molecule has 2 rings (SSSR count). The van der Waals surface area contributed by atoms with Crippen LogP contribution in [0.3, 0.4) is 0 Å². The molecule has 0 bridgehead atoms. The molecular weight excluding hydrogens is 334 g/mol. The number of carbonyl (C=O) groups is 1. The minimum Gasteiger partial charge on any atom is -0.507 e. The van der Waals surface area contributed by atoms with E-state index < -0.39 is 0 Å². The van der Waals surface area contributed by atoms with Crippen molar-refractivity contribution in [1.82, 2.24) is 4.90 Å². The third-order valence-electron chi connectivity index (χ3n) is 2.97. The highest BCUT2D eigenvalue weighted by Crippen LogP contribution is 2.24. The lowest BCUT2D eigenvalue weighted by Crippen LogP contribution is -2.49. The van der Waals surface area contributed by atoms with Gasteiger partial charge in [0.15, 0.2) is 0 Å². The second-order valence-corrected chi connectivity index (χ2v) is 5.82. The fraction of sp³-hybridized carbons (Fsp3) is 0.462. The largest absolute Gasteiger partial charge is 0.507 e. The van der Waals surface area contributed by atoms with Crippen molar-refractivity contribution in [3.8, 4) is 5.75 Å². The van der Waals surface area contributed by atoms with Gasteiger partial charge in [-0.15, -0.1) is 11.6 Å². The Kier molecular flexibility index (Phi) is 4.71. The molecule has 2 atom stereocenters. The highest BCUT2D eigenvalue weighted by Gasteiger charge is 2.29. The van der Waals surface area contributed by atoms with E-state index in [1.54, 1.807) is 17.0 Å². The van der Waals surface area contributed by atoms with E-state index >= 15 is 0 Å². The van der Waals surface area contributed by atoms with Crippen LogP contribution in [0.1, 0.15) is 17.3 Å². The van der Waals surface area contributed by atoms with Gasteiger partial charge in [-0.25, -0.2) is 0 Å². The summed E-state index contributed by atoms with van der Waals surface area (Å²) in [5.41, 5.74) is 0.289. The molecule has 1 aliphatic heterocycles. The molecule has 1 N–H and O–H groups in total. The number of phenols is 1. The molecule has 0 spiro atoms. The molecule has 6 heteroatoms. The Morgan fingerprint density at radius 2 is 2.32 bits per heavy atom. The van der Waals surface area contributed by atoms with Crippen LogP contribution >= 0.6 is 27.5 Å². The zero-order chi connectivity index (χ0) is 14.0. The van der Waals surface area contributed by atoms with E-state index in [4.69, 9.17) is 16.3 Å². The quantitative estimate of drug-likeness (QED) is 0.836. The van der Waals surface area contributed by atoms with Crippen molar-refractivity contribution in [2.24, 2.45) is 0 Å². The van der Waals surface area contributed by atoms with Crippen molar-refractivity contribution in [2.45, 2.75) is 19.1 Å². The zero-order valence-corrected chi connectivity index (χ0v) is 12.8. The van der Waals surface area contributed by atoms with Crippen molar-refractivity contribution >= 4 is 33.4 Å². The summed E-state index contributed by atoms with van der Waals surface area (Å²) in [5.74, 6) is 0.123. The smallest absolute Gasteiger partial charge is 0.257 e. The lowest BCUT2D eigenvalue weighted by atomic mass is 10.1. The van der Waals surface area contributed by atoms with Crippen molar-refractivity contribution in [3.63, 3.8) is 0 Å². The van der Waals surface area contributed by atoms with Crippen LogP contribution in [-0.2, 0) is 4.74 Å². The molecule has 1 fully saturated rings. The monoisotopic (exact) mass is 347 g/mol. The maximum atomic E-state index is 12.4. The number of nitrogens with zero attached hydrogens (tertiary/aromatic N) is 1. The molecule has 0 radical (unpaired) electrons. The van der Waals surface area contributed by atoms with Crippen molar-refractivity contribution in [2.75, 3.05) is 19.0 Å². The first-order chi connectivity index (χ1) is 9.01. The molecule has 0 saturated carbocycles. The number of alkyl halides is 1. The van der Waals surface area contributed by atoms with E-state index in [-0.39, 0.29) is 29.4 Å². The lowest BCUT2D eigenvalue weighted by Gasteiger charge is -2.36. The molecule has 4 nitrogen and oxygen atoms in total. The standard InChI is InChI=1S/C13H15BrClNO3/c1-8-6-16(7-10(5-15)19-8)13(18)11-4-9(14)2-3-12(11)17/h2-4,8,10,17H,5-7H2,1H3. The third-order valence-corrected chi connectivity index (χ3v) is 3.81. The molecule has 0 aliphatic carbocycles. The van der Waals surface area contributed by atoms with E-state index in [0.717, 1.165) is 4.47 Å². The highest BCUT2D eigenvalue weighted by molar-refractivity contribution is 9.10. The number of carbonyl (C=O) groups excluding carboxylic acids is 1. The summed E-state index contributed by atoms with van der Waals surface area (Å²) in [4.78, 5) is 14.1. The lowest BCUT2D eigenvalue weighted by molar-refractivity contribution is -0.0571. The van der Waals surface area contributed by atoms with Crippen LogP contribution in [0.5, 0.6) is 5.75 Å². The first kappa shape index (κ1) is 14.6. The first-order valence-corrected chi connectivity index (χ1v) is 7.33. The number of hydrogen-bond donors (Lipinski definition) is 1. The maximum Gasteiger partial charge on any atom is 0.257 e. The topological polar surface area (TPSA) is 49.8 Å². The molecule has 19 heavy (non-hydrogen) atoms. The predicted octanol–water partition coefficient (Wildman–Crippen LogP) is 2.62. The summed E-state index contributed by atoms with van der Waals surface area (Å²) < 4.78 is 6.36. The number of benzene rings is 1. The molecule has 2 unspecified atom stereocenters. The molecule has 1 aromatic rings. The van der Waals surface area contributed by atoms with Crippen molar-refractivity contribution in [3.05, 3.63) is 28.2 Å². The summed E-state index contributed by atoms with van der Waals surface area (Å²) in [6.45, 7) is 2.84. The van der Waals surface area contributed by atoms with Crippen LogP contribution in [0, 0.1) is 0 Å². The van der Waals surface area contributed by atoms with Gasteiger partial charge in [-0.05, 0) is 25.1 Å². The fourth-order valence-electron chi connectivity index (χ4n) is 2.15. The molecule has 0 aromatic heterocycles. The Morgan fingerprint density at radius 1 is 1.58 bits per heavy atom. The van der Waals surface area contributed by atoms with Crippen molar-refractivity contribution < 1.29 is 14.6 Å². The summed E-state index contributed by atoms with van der Waals surface area (Å²) in [6, 6.07) is 4.81. The van der Waals surface area contributed by atoms with Crippen LogP contribution in [0.2, 0.25) is 0 Å². The number of hydrogen-bond acceptors (Lipinski definition) is 3. The summed E-state index contributed by atoms with van der Waals surface area (Å²) >= 11 is 9.10. The van der Waals surface area contributed by atoms with E-state index in [1.165, 1.54) is 6.07 Å². The zero-order valence-electron chi connectivity index (χ0n) is 10.5. The van der Waals surface area contributed by atoms with Gasteiger partial charge in [-0.1, -0.05) is 15.9 Å². The van der Waals surface area contributed by atoms with Crippen LogP contribution < -0.4 is 0 Å². The second-order valence-electron chi connectivity index (χ2n) is 4.59. The molecule has 1 saturated heterocycles. The van der Waals surface area contributed by atoms with Gasteiger partial charge >= 0.3 is 0 Å². The maximum absolute atomic E-state index is 12.4. The first-order valence-electron chi connectivity index (χ1n) is 6.00. The van der Waals surface area contributed by atoms with Crippen molar-refractivity contribution in [1.29, 1.82) is 0 Å². The van der Waals surface area contributed by atoms with Gasteiger partial charge < -0.3 is 14.7 Å². The number of morpholine rings is 1. The minimum atomic E-state index is -0.205. The van der Waals surface area contributed by atoms with Crippen LogP contribution in [0.15, 0.2) is 22.7 Å². The van der Waals surface area contributed by atoms with E-state index in [9.17, 15) is 9.90 Å². The summed E-state index contributed by atoms with van der Waals surface area (Å²) in [6.07, 6.45) is -0.223.